The van der Waals surface area contributed by atoms with Crippen LogP contribution in [0, 0.1) is 6.92 Å². The summed E-state index contributed by atoms with van der Waals surface area (Å²) in [5.74, 6) is -2.73. The van der Waals surface area contributed by atoms with Gasteiger partial charge < -0.3 is 0 Å². The van der Waals surface area contributed by atoms with E-state index in [1.165, 1.54) is 25.1 Å². The summed E-state index contributed by atoms with van der Waals surface area (Å²) in [5.41, 5.74) is 0.195. The van der Waals surface area contributed by atoms with Crippen LogP contribution >= 0.6 is 11.6 Å². The number of sulfone groups is 1. The van der Waals surface area contributed by atoms with E-state index in [9.17, 15) is 26.4 Å². The average Bonchev–Trinajstić information content (AvgIpc) is 2.74. The molecule has 0 saturated carbocycles. The highest BCUT2D eigenvalue weighted by molar-refractivity contribution is 7.94. The molecule has 1 heterocycles. The van der Waals surface area contributed by atoms with Gasteiger partial charge in [0, 0.05) is 16.1 Å². The molecule has 1 aromatic rings. The van der Waals surface area contributed by atoms with Crippen LogP contribution in [0.5, 0.6) is 0 Å². The van der Waals surface area contributed by atoms with Crippen LogP contribution in [0.1, 0.15) is 5.56 Å². The molecule has 1 aliphatic rings. The number of carbonyl (C=O) groups excluding carboxylic acids is 1. The maximum absolute atomic E-state index is 12.9. The van der Waals surface area contributed by atoms with Gasteiger partial charge in [-0.15, -0.1) is 0 Å². The summed E-state index contributed by atoms with van der Waals surface area (Å²) in [7, 11) is -3.63. The van der Waals surface area contributed by atoms with Crippen molar-refractivity contribution in [2.24, 2.45) is 0 Å². The van der Waals surface area contributed by atoms with E-state index in [-0.39, 0.29) is 16.3 Å². The maximum atomic E-state index is 12.9. The first-order valence-electron chi connectivity index (χ1n) is 6.09. The summed E-state index contributed by atoms with van der Waals surface area (Å²) in [6.45, 7) is 1.46. The van der Waals surface area contributed by atoms with Crippen LogP contribution in [-0.4, -0.2) is 32.3 Å². The van der Waals surface area contributed by atoms with Crippen molar-refractivity contribution in [1.82, 2.24) is 0 Å². The summed E-state index contributed by atoms with van der Waals surface area (Å²) in [5, 5.41) is 0.996. The molecule has 120 valence electrons. The Labute approximate surface area is 130 Å². The van der Waals surface area contributed by atoms with Crippen LogP contribution in [0.2, 0.25) is 5.02 Å². The number of hydrogen-bond donors (Lipinski definition) is 0. The molecule has 0 unspecified atom stereocenters. The zero-order valence-corrected chi connectivity index (χ0v) is 12.8. The minimum absolute atomic E-state index is 0.0680. The van der Waals surface area contributed by atoms with Gasteiger partial charge in [0.2, 0.25) is 0 Å². The van der Waals surface area contributed by atoms with Gasteiger partial charge >= 0.3 is 12.1 Å². The Hall–Kier alpha value is -1.54. The molecule has 0 aromatic heterocycles. The minimum atomic E-state index is -5.13. The first-order chi connectivity index (χ1) is 10.0. The highest BCUT2D eigenvalue weighted by atomic mass is 35.5. The number of rotatable bonds is 2. The molecular weight excluding hydrogens is 343 g/mol. The zero-order valence-electron chi connectivity index (χ0n) is 11.3. The van der Waals surface area contributed by atoms with E-state index in [0.29, 0.717) is 4.90 Å². The molecule has 9 heteroatoms. The number of nitrogens with zero attached hydrogens (tertiary/aromatic N) is 1. The number of hydrogen-bond acceptors (Lipinski definition) is 3. The van der Waals surface area contributed by atoms with E-state index >= 15 is 0 Å². The molecule has 1 atom stereocenters. The Morgan fingerprint density at radius 1 is 1.36 bits per heavy atom. The molecule has 4 nitrogen and oxygen atoms in total. The van der Waals surface area contributed by atoms with Crippen molar-refractivity contribution in [3.63, 3.8) is 0 Å². The van der Waals surface area contributed by atoms with Crippen LogP contribution < -0.4 is 4.90 Å². The molecule has 1 aliphatic heterocycles. The largest absolute Gasteiger partial charge is 0.471 e. The van der Waals surface area contributed by atoms with E-state index in [1.807, 2.05) is 0 Å². The van der Waals surface area contributed by atoms with Gasteiger partial charge in [-0.05, 0) is 30.7 Å². The lowest BCUT2D eigenvalue weighted by Gasteiger charge is -2.29. The van der Waals surface area contributed by atoms with E-state index in [2.05, 4.69) is 0 Å². The first kappa shape index (κ1) is 16.8. The molecular formula is C13H11ClF3NO3S. The van der Waals surface area contributed by atoms with Crippen molar-refractivity contribution in [2.75, 3.05) is 10.7 Å². The molecule has 0 fully saturated rings. The molecule has 1 aromatic carbocycles. The number of benzene rings is 1. The number of halogens is 4. The number of carbonyl (C=O) groups is 1. The molecule has 0 bridgehead atoms. The molecule has 0 saturated heterocycles. The van der Waals surface area contributed by atoms with E-state index in [1.54, 1.807) is 0 Å². The van der Waals surface area contributed by atoms with Gasteiger partial charge in [0.1, 0.15) is 0 Å². The second-order valence-electron chi connectivity index (χ2n) is 4.78. The summed E-state index contributed by atoms with van der Waals surface area (Å²) in [6, 6.07) is 2.94. The fourth-order valence-electron chi connectivity index (χ4n) is 2.15. The Kier molecular flexibility index (Phi) is 4.27. The maximum Gasteiger partial charge on any atom is 0.471 e. The number of amides is 1. The predicted molar refractivity (Wildman–Crippen MR) is 76.4 cm³/mol. The van der Waals surface area contributed by atoms with Crippen LogP contribution in [0.15, 0.2) is 29.7 Å². The Morgan fingerprint density at radius 2 is 2.00 bits per heavy atom. The summed E-state index contributed by atoms with van der Waals surface area (Å²) < 4.78 is 61.5. The lowest BCUT2D eigenvalue weighted by molar-refractivity contribution is -0.170. The molecule has 0 spiro atoms. The average molecular weight is 354 g/mol. The molecule has 0 aliphatic carbocycles. The van der Waals surface area contributed by atoms with Crippen LogP contribution in [0.4, 0.5) is 18.9 Å². The molecule has 22 heavy (non-hydrogen) atoms. The standard InChI is InChI=1S/C13H11ClF3NO3S/c1-8-10(14)3-2-4-11(8)18(12(19)13(15,16)17)9-5-6-22(20,21)7-9/h2-6,9H,7H2,1H3/t9-/m1/s1. The van der Waals surface area contributed by atoms with Gasteiger partial charge in [-0.3, -0.25) is 9.69 Å². The molecule has 2 rings (SSSR count). The Morgan fingerprint density at radius 3 is 2.50 bits per heavy atom. The third kappa shape index (κ3) is 3.27. The van der Waals surface area contributed by atoms with Crippen LogP contribution in [-0.2, 0) is 14.6 Å². The second kappa shape index (κ2) is 5.58. The normalized spacial score (nSPS) is 20.1. The Bertz CT molecular complexity index is 743. The van der Waals surface area contributed by atoms with Crippen molar-refractivity contribution in [3.8, 4) is 0 Å². The van der Waals surface area contributed by atoms with Crippen molar-refractivity contribution in [2.45, 2.75) is 19.1 Å². The Balaban J connectivity index is 2.54. The van der Waals surface area contributed by atoms with Gasteiger partial charge in [0.15, 0.2) is 9.84 Å². The van der Waals surface area contributed by atoms with Gasteiger partial charge in [-0.1, -0.05) is 17.7 Å². The quantitative estimate of drug-likeness (QED) is 0.821. The first-order valence-corrected chi connectivity index (χ1v) is 8.19. The zero-order chi connectivity index (χ0) is 16.7. The smallest absolute Gasteiger partial charge is 0.296 e. The third-order valence-corrected chi connectivity index (χ3v) is 4.99. The highest BCUT2D eigenvalue weighted by Crippen LogP contribution is 2.33. The van der Waals surface area contributed by atoms with Gasteiger partial charge in [0.25, 0.3) is 0 Å². The molecule has 0 N–H and O–H groups in total. The van der Waals surface area contributed by atoms with Crippen molar-refractivity contribution < 1.29 is 26.4 Å². The SMILES string of the molecule is Cc1c(Cl)cccc1N(C(=O)C(F)(F)F)[C@@H]1C=CS(=O)(=O)C1. The third-order valence-electron chi connectivity index (χ3n) is 3.20. The lowest BCUT2D eigenvalue weighted by atomic mass is 10.1. The highest BCUT2D eigenvalue weighted by Gasteiger charge is 2.46. The van der Waals surface area contributed by atoms with Gasteiger partial charge in [-0.25, -0.2) is 8.42 Å². The monoisotopic (exact) mass is 353 g/mol. The van der Waals surface area contributed by atoms with Crippen molar-refractivity contribution >= 4 is 33.0 Å². The van der Waals surface area contributed by atoms with Crippen LogP contribution in [0.3, 0.4) is 0 Å². The van der Waals surface area contributed by atoms with Crippen LogP contribution in [0.25, 0.3) is 0 Å². The van der Waals surface area contributed by atoms with Crippen molar-refractivity contribution in [3.05, 3.63) is 40.3 Å². The second-order valence-corrected chi connectivity index (χ2v) is 7.12. The van der Waals surface area contributed by atoms with Gasteiger partial charge in [-0.2, -0.15) is 13.2 Å². The van der Waals surface area contributed by atoms with E-state index in [4.69, 9.17) is 11.6 Å². The minimum Gasteiger partial charge on any atom is -0.296 e. The topological polar surface area (TPSA) is 54.5 Å². The number of anilines is 1. The fraction of sp³-hybridized carbons (Fsp3) is 0.308. The summed E-state index contributed by atoms with van der Waals surface area (Å²) in [4.78, 5) is 12.2. The fourth-order valence-corrected chi connectivity index (χ4v) is 3.59. The molecule has 1 amide bonds. The van der Waals surface area contributed by atoms with E-state index in [0.717, 1.165) is 11.5 Å². The van der Waals surface area contributed by atoms with Gasteiger partial charge in [0.05, 0.1) is 11.8 Å². The number of alkyl halides is 3. The summed E-state index contributed by atoms with van der Waals surface area (Å²) >= 11 is 5.88. The predicted octanol–water partition coefficient (Wildman–Crippen LogP) is 2.85. The van der Waals surface area contributed by atoms with E-state index < -0.39 is 33.7 Å². The summed E-state index contributed by atoms with van der Waals surface area (Å²) in [6.07, 6.45) is -4.06. The molecule has 0 radical (unpaired) electrons. The van der Waals surface area contributed by atoms with Crippen molar-refractivity contribution in [1.29, 1.82) is 0 Å². The lowest BCUT2D eigenvalue weighted by Crippen LogP contribution is -2.48.